The van der Waals surface area contributed by atoms with Gasteiger partial charge in [-0.3, -0.25) is 0 Å². The van der Waals surface area contributed by atoms with E-state index in [4.69, 9.17) is 0 Å². The number of aromatic nitrogens is 2. The van der Waals surface area contributed by atoms with Gasteiger partial charge in [0.05, 0.1) is 11.4 Å². The van der Waals surface area contributed by atoms with E-state index in [-0.39, 0.29) is 0 Å². The maximum absolute atomic E-state index is 4.66. The summed E-state index contributed by atoms with van der Waals surface area (Å²) in [5.74, 6) is 1.41. The summed E-state index contributed by atoms with van der Waals surface area (Å²) in [4.78, 5) is 0. The lowest BCUT2D eigenvalue weighted by Crippen LogP contribution is -2.18. The third kappa shape index (κ3) is 3.28. The van der Waals surface area contributed by atoms with Crippen LogP contribution in [-0.2, 0) is 6.54 Å². The molecule has 0 bridgehead atoms. The molecule has 0 aliphatic heterocycles. The highest BCUT2D eigenvalue weighted by atomic mass is 15.3. The zero-order chi connectivity index (χ0) is 13.9. The highest BCUT2D eigenvalue weighted by Crippen LogP contribution is 2.38. The van der Waals surface area contributed by atoms with Crippen LogP contribution in [0, 0.1) is 5.92 Å². The highest BCUT2D eigenvalue weighted by Gasteiger charge is 2.25. The SMILES string of the molecule is CC(C)CNCc1ccc(-n2ccc(C3CC3)n2)cc1. The molecule has 0 unspecified atom stereocenters. The summed E-state index contributed by atoms with van der Waals surface area (Å²) >= 11 is 0. The molecule has 1 aliphatic carbocycles. The molecule has 0 radical (unpaired) electrons. The molecule has 0 saturated heterocycles. The second-order valence-electron chi connectivity index (χ2n) is 6.15. The molecule has 20 heavy (non-hydrogen) atoms. The largest absolute Gasteiger partial charge is 0.312 e. The number of rotatable bonds is 6. The summed E-state index contributed by atoms with van der Waals surface area (Å²) in [7, 11) is 0. The second-order valence-corrected chi connectivity index (χ2v) is 6.15. The molecule has 3 nitrogen and oxygen atoms in total. The summed E-state index contributed by atoms with van der Waals surface area (Å²) in [6, 6.07) is 10.8. The van der Waals surface area contributed by atoms with Gasteiger partial charge in [0.2, 0.25) is 0 Å². The average molecular weight is 269 g/mol. The molecule has 1 N–H and O–H groups in total. The maximum Gasteiger partial charge on any atom is 0.0659 e. The molecule has 3 heteroatoms. The predicted molar refractivity (Wildman–Crippen MR) is 82.1 cm³/mol. The molecule has 2 aromatic rings. The van der Waals surface area contributed by atoms with E-state index in [1.54, 1.807) is 0 Å². The number of benzene rings is 1. The third-order valence-electron chi connectivity index (χ3n) is 3.69. The molecule has 0 spiro atoms. The Morgan fingerprint density at radius 1 is 1.20 bits per heavy atom. The van der Waals surface area contributed by atoms with E-state index < -0.39 is 0 Å². The zero-order valence-electron chi connectivity index (χ0n) is 12.3. The van der Waals surface area contributed by atoms with Gasteiger partial charge in [0.25, 0.3) is 0 Å². The lowest BCUT2D eigenvalue weighted by atomic mass is 10.2. The minimum atomic E-state index is 0.694. The van der Waals surface area contributed by atoms with Crippen molar-refractivity contribution in [3.63, 3.8) is 0 Å². The van der Waals surface area contributed by atoms with E-state index in [9.17, 15) is 0 Å². The molecular weight excluding hydrogens is 246 g/mol. The monoisotopic (exact) mass is 269 g/mol. The van der Waals surface area contributed by atoms with Crippen LogP contribution in [0.15, 0.2) is 36.5 Å². The Kier molecular flexibility index (Phi) is 3.88. The topological polar surface area (TPSA) is 29.9 Å². The quantitative estimate of drug-likeness (QED) is 0.870. The molecule has 1 heterocycles. The van der Waals surface area contributed by atoms with Gasteiger partial charge < -0.3 is 5.32 Å². The summed E-state index contributed by atoms with van der Waals surface area (Å²) in [6.07, 6.45) is 4.68. The van der Waals surface area contributed by atoms with E-state index >= 15 is 0 Å². The van der Waals surface area contributed by atoms with E-state index in [1.807, 2.05) is 4.68 Å². The number of nitrogens with zero attached hydrogens (tertiary/aromatic N) is 2. The van der Waals surface area contributed by atoms with Crippen LogP contribution in [-0.4, -0.2) is 16.3 Å². The first-order valence-corrected chi connectivity index (χ1v) is 7.58. The van der Waals surface area contributed by atoms with Crippen LogP contribution >= 0.6 is 0 Å². The van der Waals surface area contributed by atoms with Crippen molar-refractivity contribution in [2.45, 2.75) is 39.2 Å². The lowest BCUT2D eigenvalue weighted by Gasteiger charge is -2.08. The smallest absolute Gasteiger partial charge is 0.0659 e. The fraction of sp³-hybridized carbons (Fsp3) is 0.471. The van der Waals surface area contributed by atoms with Gasteiger partial charge in [-0.1, -0.05) is 26.0 Å². The third-order valence-corrected chi connectivity index (χ3v) is 3.69. The van der Waals surface area contributed by atoms with Gasteiger partial charge in [-0.05, 0) is 49.1 Å². The molecule has 0 amide bonds. The van der Waals surface area contributed by atoms with Crippen LogP contribution in [0.25, 0.3) is 5.69 Å². The van der Waals surface area contributed by atoms with Crippen LogP contribution in [0.4, 0.5) is 0 Å². The summed E-state index contributed by atoms with van der Waals surface area (Å²) in [5.41, 5.74) is 3.71. The van der Waals surface area contributed by atoms with Crippen molar-refractivity contribution in [2.24, 2.45) is 5.92 Å². The van der Waals surface area contributed by atoms with Gasteiger partial charge in [-0.25, -0.2) is 4.68 Å². The molecule has 1 aliphatic rings. The van der Waals surface area contributed by atoms with Gasteiger partial charge in [0.1, 0.15) is 0 Å². The predicted octanol–water partition coefficient (Wildman–Crippen LogP) is 3.50. The number of hydrogen-bond acceptors (Lipinski definition) is 2. The first-order chi connectivity index (χ1) is 9.72. The fourth-order valence-electron chi connectivity index (χ4n) is 2.35. The minimum Gasteiger partial charge on any atom is -0.312 e. The van der Waals surface area contributed by atoms with Crippen LogP contribution < -0.4 is 5.32 Å². The van der Waals surface area contributed by atoms with Crippen molar-refractivity contribution >= 4 is 0 Å². The molecule has 106 valence electrons. The van der Waals surface area contributed by atoms with Crippen molar-refractivity contribution in [3.05, 3.63) is 47.8 Å². The lowest BCUT2D eigenvalue weighted by molar-refractivity contribution is 0.552. The average Bonchev–Trinajstić information content (AvgIpc) is 3.17. The van der Waals surface area contributed by atoms with Crippen molar-refractivity contribution in [1.29, 1.82) is 0 Å². The van der Waals surface area contributed by atoms with E-state index in [0.717, 1.165) is 24.7 Å². The Hall–Kier alpha value is -1.61. The Morgan fingerprint density at radius 2 is 1.95 bits per heavy atom. The van der Waals surface area contributed by atoms with Crippen molar-refractivity contribution < 1.29 is 0 Å². The van der Waals surface area contributed by atoms with Crippen LogP contribution in [0.1, 0.15) is 43.9 Å². The zero-order valence-corrected chi connectivity index (χ0v) is 12.3. The molecule has 1 aromatic carbocycles. The molecule has 1 saturated carbocycles. The van der Waals surface area contributed by atoms with Crippen LogP contribution in [0.2, 0.25) is 0 Å². The van der Waals surface area contributed by atoms with Crippen molar-refractivity contribution in [3.8, 4) is 5.69 Å². The molecular formula is C17H23N3. The Balaban J connectivity index is 1.62. The Bertz CT molecular complexity index is 550. The van der Waals surface area contributed by atoms with Crippen LogP contribution in [0.3, 0.4) is 0 Å². The van der Waals surface area contributed by atoms with Gasteiger partial charge in [0.15, 0.2) is 0 Å². The molecule has 1 aromatic heterocycles. The van der Waals surface area contributed by atoms with Gasteiger partial charge in [0, 0.05) is 18.7 Å². The normalized spacial score (nSPS) is 14.9. The fourth-order valence-corrected chi connectivity index (χ4v) is 2.35. The number of hydrogen-bond donors (Lipinski definition) is 1. The van der Waals surface area contributed by atoms with Crippen molar-refractivity contribution in [2.75, 3.05) is 6.54 Å². The minimum absolute atomic E-state index is 0.694. The Morgan fingerprint density at radius 3 is 2.60 bits per heavy atom. The Labute approximate surface area is 121 Å². The molecule has 1 fully saturated rings. The summed E-state index contributed by atoms with van der Waals surface area (Å²) in [5, 5.41) is 8.12. The number of nitrogens with one attached hydrogen (secondary N) is 1. The molecule has 0 atom stereocenters. The summed E-state index contributed by atoms with van der Waals surface area (Å²) < 4.78 is 1.99. The first-order valence-electron chi connectivity index (χ1n) is 7.58. The van der Waals surface area contributed by atoms with Crippen LogP contribution in [0.5, 0.6) is 0 Å². The maximum atomic E-state index is 4.66. The molecule has 3 rings (SSSR count). The van der Waals surface area contributed by atoms with Gasteiger partial charge in [-0.15, -0.1) is 0 Å². The van der Waals surface area contributed by atoms with Gasteiger partial charge >= 0.3 is 0 Å². The highest BCUT2D eigenvalue weighted by molar-refractivity contribution is 5.34. The van der Waals surface area contributed by atoms with E-state index in [0.29, 0.717) is 5.92 Å². The van der Waals surface area contributed by atoms with Gasteiger partial charge in [-0.2, -0.15) is 5.10 Å². The van der Waals surface area contributed by atoms with E-state index in [2.05, 4.69) is 60.8 Å². The second kappa shape index (κ2) is 5.80. The first kappa shape index (κ1) is 13.4. The standard InChI is InChI=1S/C17H23N3/c1-13(2)11-18-12-14-3-7-16(8-4-14)20-10-9-17(19-20)15-5-6-15/h3-4,7-10,13,15,18H,5-6,11-12H2,1-2H3. The van der Waals surface area contributed by atoms with Crippen molar-refractivity contribution in [1.82, 2.24) is 15.1 Å². The summed E-state index contributed by atoms with van der Waals surface area (Å²) in [6.45, 7) is 6.45. The van der Waals surface area contributed by atoms with E-state index in [1.165, 1.54) is 24.1 Å².